The van der Waals surface area contributed by atoms with Crippen molar-refractivity contribution in [1.29, 1.82) is 0 Å². The third-order valence-corrected chi connectivity index (χ3v) is 5.00. The van der Waals surface area contributed by atoms with Crippen molar-refractivity contribution in [1.82, 2.24) is 4.90 Å². The second kappa shape index (κ2) is 9.91. The SMILES string of the molecule is CCc1cccc(CC)c1NC(=O)CCN(C(C)=O)C(C)c1ccccc1. The van der Waals surface area contributed by atoms with E-state index in [0.29, 0.717) is 6.54 Å². The highest BCUT2D eigenvalue weighted by molar-refractivity contribution is 5.92. The number of hydrogen-bond donors (Lipinski definition) is 1. The number of benzene rings is 2. The number of rotatable bonds is 8. The van der Waals surface area contributed by atoms with Crippen LogP contribution >= 0.6 is 0 Å². The van der Waals surface area contributed by atoms with Crippen LogP contribution in [0.4, 0.5) is 5.69 Å². The molecule has 1 N–H and O–H groups in total. The molecule has 4 nitrogen and oxygen atoms in total. The van der Waals surface area contributed by atoms with Crippen LogP contribution in [0.5, 0.6) is 0 Å². The summed E-state index contributed by atoms with van der Waals surface area (Å²) < 4.78 is 0. The van der Waals surface area contributed by atoms with E-state index in [4.69, 9.17) is 0 Å². The lowest BCUT2D eigenvalue weighted by molar-refractivity contribution is -0.131. The summed E-state index contributed by atoms with van der Waals surface area (Å²) in [5.41, 5.74) is 4.28. The zero-order chi connectivity index (χ0) is 19.8. The molecule has 0 aliphatic carbocycles. The van der Waals surface area contributed by atoms with Crippen molar-refractivity contribution in [2.45, 2.75) is 53.0 Å². The molecule has 0 bridgehead atoms. The summed E-state index contributed by atoms with van der Waals surface area (Å²) in [5.74, 6) is -0.0838. The highest BCUT2D eigenvalue weighted by Crippen LogP contribution is 2.24. The van der Waals surface area contributed by atoms with Gasteiger partial charge in [-0.05, 0) is 36.5 Å². The van der Waals surface area contributed by atoms with Crippen molar-refractivity contribution in [2.75, 3.05) is 11.9 Å². The molecule has 0 radical (unpaired) electrons. The summed E-state index contributed by atoms with van der Waals surface area (Å²) in [7, 11) is 0. The molecule has 0 heterocycles. The fourth-order valence-electron chi connectivity index (χ4n) is 3.36. The van der Waals surface area contributed by atoms with Crippen molar-refractivity contribution in [3.63, 3.8) is 0 Å². The van der Waals surface area contributed by atoms with Gasteiger partial charge in [-0.3, -0.25) is 9.59 Å². The fourth-order valence-corrected chi connectivity index (χ4v) is 3.36. The van der Waals surface area contributed by atoms with E-state index in [2.05, 4.69) is 19.2 Å². The molecule has 0 aliphatic heterocycles. The number of para-hydroxylation sites is 1. The van der Waals surface area contributed by atoms with Gasteiger partial charge in [0.05, 0.1) is 6.04 Å². The Labute approximate surface area is 162 Å². The van der Waals surface area contributed by atoms with E-state index in [1.165, 1.54) is 0 Å². The lowest BCUT2D eigenvalue weighted by Gasteiger charge is -2.28. The summed E-state index contributed by atoms with van der Waals surface area (Å²) in [6, 6.07) is 16.0. The van der Waals surface area contributed by atoms with Crippen molar-refractivity contribution >= 4 is 17.5 Å². The normalized spacial score (nSPS) is 11.7. The minimum absolute atomic E-state index is 0.0256. The maximum Gasteiger partial charge on any atom is 0.226 e. The van der Waals surface area contributed by atoms with Gasteiger partial charge in [0.25, 0.3) is 0 Å². The molecule has 0 aromatic heterocycles. The summed E-state index contributed by atoms with van der Waals surface area (Å²) in [4.78, 5) is 26.5. The first-order valence-corrected chi connectivity index (χ1v) is 9.70. The monoisotopic (exact) mass is 366 g/mol. The average molecular weight is 367 g/mol. The van der Waals surface area contributed by atoms with E-state index in [-0.39, 0.29) is 24.3 Å². The Bertz CT molecular complexity index is 749. The van der Waals surface area contributed by atoms with E-state index >= 15 is 0 Å². The van der Waals surface area contributed by atoms with E-state index in [1.807, 2.05) is 55.5 Å². The number of nitrogens with zero attached hydrogens (tertiary/aromatic N) is 1. The van der Waals surface area contributed by atoms with Crippen molar-refractivity contribution < 1.29 is 9.59 Å². The first kappa shape index (κ1) is 20.7. The molecule has 2 rings (SSSR count). The van der Waals surface area contributed by atoms with E-state index in [0.717, 1.165) is 35.2 Å². The molecular formula is C23H30N2O2. The zero-order valence-electron chi connectivity index (χ0n) is 16.8. The lowest BCUT2D eigenvalue weighted by Crippen LogP contribution is -2.34. The van der Waals surface area contributed by atoms with Gasteiger partial charge in [-0.1, -0.05) is 62.4 Å². The van der Waals surface area contributed by atoms with Gasteiger partial charge in [0, 0.05) is 25.6 Å². The summed E-state index contributed by atoms with van der Waals surface area (Å²) in [6.45, 7) is 8.12. The second-order valence-corrected chi connectivity index (χ2v) is 6.76. The Hall–Kier alpha value is -2.62. The molecule has 4 heteroatoms. The van der Waals surface area contributed by atoms with Gasteiger partial charge in [-0.2, -0.15) is 0 Å². The number of anilines is 1. The van der Waals surface area contributed by atoms with Crippen LogP contribution in [0.25, 0.3) is 0 Å². The third kappa shape index (κ3) is 5.43. The van der Waals surface area contributed by atoms with Gasteiger partial charge >= 0.3 is 0 Å². The minimum Gasteiger partial charge on any atom is -0.336 e. The molecule has 1 atom stereocenters. The molecule has 0 saturated heterocycles. The average Bonchev–Trinajstić information content (AvgIpc) is 2.68. The van der Waals surface area contributed by atoms with Gasteiger partial charge in [-0.25, -0.2) is 0 Å². The van der Waals surface area contributed by atoms with Gasteiger partial charge in [-0.15, -0.1) is 0 Å². The molecule has 27 heavy (non-hydrogen) atoms. The van der Waals surface area contributed by atoms with Crippen molar-refractivity contribution in [3.8, 4) is 0 Å². The van der Waals surface area contributed by atoms with Crippen LogP contribution in [0.1, 0.15) is 56.8 Å². The molecule has 0 fully saturated rings. The molecule has 0 spiro atoms. The predicted octanol–water partition coefficient (Wildman–Crippen LogP) is 4.75. The molecule has 0 saturated carbocycles. The summed E-state index contributed by atoms with van der Waals surface area (Å²) in [6.07, 6.45) is 2.01. The second-order valence-electron chi connectivity index (χ2n) is 6.76. The van der Waals surface area contributed by atoms with Crippen LogP contribution < -0.4 is 5.32 Å². The van der Waals surface area contributed by atoms with Crippen LogP contribution in [0.3, 0.4) is 0 Å². The van der Waals surface area contributed by atoms with Crippen molar-refractivity contribution in [2.24, 2.45) is 0 Å². The number of carbonyl (C=O) groups excluding carboxylic acids is 2. The Kier molecular flexibility index (Phi) is 7.59. The molecule has 1 unspecified atom stereocenters. The minimum atomic E-state index is -0.0642. The summed E-state index contributed by atoms with van der Waals surface area (Å²) in [5, 5.41) is 3.08. The Morgan fingerprint density at radius 1 is 0.963 bits per heavy atom. The maximum absolute atomic E-state index is 12.6. The van der Waals surface area contributed by atoms with Crippen LogP contribution in [0.2, 0.25) is 0 Å². The van der Waals surface area contributed by atoms with E-state index in [9.17, 15) is 9.59 Å². The molecule has 2 amide bonds. The number of amides is 2. The van der Waals surface area contributed by atoms with Crippen LogP contribution in [-0.4, -0.2) is 23.3 Å². The molecule has 144 valence electrons. The number of aryl methyl sites for hydroxylation is 2. The molecule has 2 aromatic carbocycles. The van der Waals surface area contributed by atoms with E-state index in [1.54, 1.807) is 11.8 Å². The largest absolute Gasteiger partial charge is 0.336 e. The van der Waals surface area contributed by atoms with Crippen LogP contribution in [-0.2, 0) is 22.4 Å². The van der Waals surface area contributed by atoms with Crippen LogP contribution in [0.15, 0.2) is 48.5 Å². The fraction of sp³-hybridized carbons (Fsp3) is 0.391. The molecular weight excluding hydrogens is 336 g/mol. The topological polar surface area (TPSA) is 49.4 Å². The highest BCUT2D eigenvalue weighted by Gasteiger charge is 2.19. The highest BCUT2D eigenvalue weighted by atomic mass is 16.2. The first-order valence-electron chi connectivity index (χ1n) is 9.70. The Morgan fingerprint density at radius 3 is 2.07 bits per heavy atom. The van der Waals surface area contributed by atoms with Crippen molar-refractivity contribution in [3.05, 3.63) is 65.2 Å². The predicted molar refractivity (Wildman–Crippen MR) is 111 cm³/mol. The van der Waals surface area contributed by atoms with Gasteiger partial charge in [0.1, 0.15) is 0 Å². The maximum atomic E-state index is 12.6. The zero-order valence-corrected chi connectivity index (χ0v) is 16.8. The van der Waals surface area contributed by atoms with E-state index < -0.39 is 0 Å². The molecule has 0 aliphatic rings. The number of nitrogens with one attached hydrogen (secondary N) is 1. The Morgan fingerprint density at radius 2 is 1.56 bits per heavy atom. The Balaban J connectivity index is 2.06. The molecule has 2 aromatic rings. The van der Waals surface area contributed by atoms with Gasteiger partial charge in [0.15, 0.2) is 0 Å². The van der Waals surface area contributed by atoms with Gasteiger partial charge < -0.3 is 10.2 Å². The third-order valence-electron chi connectivity index (χ3n) is 5.00. The van der Waals surface area contributed by atoms with Crippen LogP contribution in [0, 0.1) is 0 Å². The van der Waals surface area contributed by atoms with Gasteiger partial charge in [0.2, 0.25) is 11.8 Å². The lowest BCUT2D eigenvalue weighted by atomic mass is 10.0. The summed E-state index contributed by atoms with van der Waals surface area (Å²) >= 11 is 0. The quantitative estimate of drug-likeness (QED) is 0.733. The first-order chi connectivity index (χ1) is 13.0. The number of hydrogen-bond acceptors (Lipinski definition) is 2. The number of carbonyl (C=O) groups is 2. The smallest absolute Gasteiger partial charge is 0.226 e. The standard InChI is InChI=1S/C23H30N2O2/c1-5-19-13-10-14-20(6-2)23(19)24-22(27)15-16-25(18(4)26)17(3)21-11-8-7-9-12-21/h7-14,17H,5-6,15-16H2,1-4H3,(H,24,27).